The van der Waals surface area contributed by atoms with Gasteiger partial charge in [-0.1, -0.05) is 36.4 Å². The highest BCUT2D eigenvalue weighted by Crippen LogP contribution is 2.24. The van der Waals surface area contributed by atoms with Crippen molar-refractivity contribution >= 4 is 11.4 Å². The van der Waals surface area contributed by atoms with Crippen LogP contribution in [0.1, 0.15) is 11.1 Å². The zero-order chi connectivity index (χ0) is 13.9. The van der Waals surface area contributed by atoms with Crippen LogP contribution in [0.15, 0.2) is 48.5 Å². The van der Waals surface area contributed by atoms with E-state index in [2.05, 4.69) is 72.2 Å². The van der Waals surface area contributed by atoms with Gasteiger partial charge in [-0.05, 0) is 37.1 Å². The molecule has 0 bridgehead atoms. The average Bonchev–Trinajstić information content (AvgIpc) is 3.33. The van der Waals surface area contributed by atoms with E-state index in [0.717, 1.165) is 0 Å². The predicted molar refractivity (Wildman–Crippen MR) is 86.8 cm³/mol. The van der Waals surface area contributed by atoms with Crippen molar-refractivity contribution < 1.29 is 0 Å². The van der Waals surface area contributed by atoms with Crippen LogP contribution in [-0.4, -0.2) is 26.2 Å². The van der Waals surface area contributed by atoms with Gasteiger partial charge in [-0.2, -0.15) is 0 Å². The molecular weight excluding hydrogens is 244 g/mol. The van der Waals surface area contributed by atoms with Crippen molar-refractivity contribution in [2.75, 3.05) is 36.0 Å². The SMILES string of the molecule is Cc1ccccc1N1CC1.Cc1ccccc1N1CC1. The summed E-state index contributed by atoms with van der Waals surface area (Å²) < 4.78 is 0. The second-order valence-corrected chi connectivity index (χ2v) is 5.55. The lowest BCUT2D eigenvalue weighted by molar-refractivity contribution is 1.33. The van der Waals surface area contributed by atoms with Gasteiger partial charge in [0.2, 0.25) is 0 Å². The van der Waals surface area contributed by atoms with Gasteiger partial charge in [-0.3, -0.25) is 0 Å². The summed E-state index contributed by atoms with van der Waals surface area (Å²) in [4.78, 5) is 4.74. The zero-order valence-electron chi connectivity index (χ0n) is 12.3. The molecule has 0 radical (unpaired) electrons. The van der Waals surface area contributed by atoms with Crippen LogP contribution in [0.5, 0.6) is 0 Å². The summed E-state index contributed by atoms with van der Waals surface area (Å²) in [5, 5.41) is 0. The second-order valence-electron chi connectivity index (χ2n) is 5.55. The molecule has 0 saturated carbocycles. The van der Waals surface area contributed by atoms with Crippen LogP contribution >= 0.6 is 0 Å². The third-order valence-corrected chi connectivity index (χ3v) is 3.81. The van der Waals surface area contributed by atoms with E-state index < -0.39 is 0 Å². The van der Waals surface area contributed by atoms with Gasteiger partial charge in [0.05, 0.1) is 0 Å². The molecule has 104 valence electrons. The summed E-state index contributed by atoms with van der Waals surface area (Å²) >= 11 is 0. The molecule has 2 aliphatic rings. The van der Waals surface area contributed by atoms with E-state index in [1.165, 1.54) is 48.7 Å². The summed E-state index contributed by atoms with van der Waals surface area (Å²) in [5.41, 5.74) is 5.59. The average molecular weight is 266 g/mol. The summed E-state index contributed by atoms with van der Waals surface area (Å²) in [6.45, 7) is 9.28. The van der Waals surface area contributed by atoms with Gasteiger partial charge >= 0.3 is 0 Å². The van der Waals surface area contributed by atoms with E-state index >= 15 is 0 Å². The molecule has 0 amide bonds. The van der Waals surface area contributed by atoms with Crippen molar-refractivity contribution in [3.8, 4) is 0 Å². The van der Waals surface area contributed by atoms with Crippen molar-refractivity contribution in [3.05, 3.63) is 59.7 Å². The first-order chi connectivity index (χ1) is 9.75. The first kappa shape index (κ1) is 13.0. The fraction of sp³-hybridized carbons (Fsp3) is 0.333. The lowest BCUT2D eigenvalue weighted by Crippen LogP contribution is -1.92. The van der Waals surface area contributed by atoms with E-state index in [1.54, 1.807) is 0 Å². The molecule has 2 heterocycles. The molecule has 2 fully saturated rings. The zero-order valence-corrected chi connectivity index (χ0v) is 12.3. The number of hydrogen-bond acceptors (Lipinski definition) is 2. The minimum atomic E-state index is 1.24. The molecule has 2 heteroatoms. The Hall–Kier alpha value is -1.96. The van der Waals surface area contributed by atoms with Crippen molar-refractivity contribution in [1.29, 1.82) is 0 Å². The van der Waals surface area contributed by atoms with Crippen LogP contribution in [0.4, 0.5) is 11.4 Å². The monoisotopic (exact) mass is 266 g/mol. The minimum Gasteiger partial charge on any atom is -0.368 e. The maximum atomic E-state index is 2.37. The van der Waals surface area contributed by atoms with Gasteiger partial charge in [-0.15, -0.1) is 0 Å². The van der Waals surface area contributed by atoms with Crippen molar-refractivity contribution in [2.24, 2.45) is 0 Å². The largest absolute Gasteiger partial charge is 0.368 e. The highest BCUT2D eigenvalue weighted by molar-refractivity contribution is 5.57. The normalized spacial score (nSPS) is 15.5. The Labute approximate surface area is 121 Å². The molecule has 0 atom stereocenters. The Bertz CT molecular complexity index is 530. The smallest absolute Gasteiger partial charge is 0.0397 e. The Morgan fingerprint density at radius 2 is 0.950 bits per heavy atom. The molecule has 0 unspecified atom stereocenters. The maximum Gasteiger partial charge on any atom is 0.0397 e. The Balaban J connectivity index is 0.000000121. The topological polar surface area (TPSA) is 6.02 Å². The Morgan fingerprint density at radius 1 is 0.600 bits per heavy atom. The fourth-order valence-electron chi connectivity index (χ4n) is 2.42. The predicted octanol–water partition coefficient (Wildman–Crippen LogP) is 3.63. The molecule has 2 aromatic carbocycles. The molecule has 20 heavy (non-hydrogen) atoms. The lowest BCUT2D eigenvalue weighted by Gasteiger charge is -2.04. The summed E-state index contributed by atoms with van der Waals surface area (Å²) in [6.07, 6.45) is 0. The van der Waals surface area contributed by atoms with Crippen molar-refractivity contribution in [3.63, 3.8) is 0 Å². The summed E-state index contributed by atoms with van der Waals surface area (Å²) in [6, 6.07) is 17.1. The number of hydrogen-bond donors (Lipinski definition) is 0. The molecule has 2 aromatic rings. The molecule has 2 nitrogen and oxygen atoms in total. The van der Waals surface area contributed by atoms with Crippen LogP contribution in [0.2, 0.25) is 0 Å². The first-order valence-corrected chi connectivity index (χ1v) is 7.37. The number of anilines is 2. The first-order valence-electron chi connectivity index (χ1n) is 7.37. The van der Waals surface area contributed by atoms with Gasteiger partial charge in [0.15, 0.2) is 0 Å². The van der Waals surface area contributed by atoms with Crippen LogP contribution in [0.25, 0.3) is 0 Å². The van der Waals surface area contributed by atoms with Crippen LogP contribution in [0.3, 0.4) is 0 Å². The Kier molecular flexibility index (Phi) is 3.64. The number of para-hydroxylation sites is 2. The van der Waals surface area contributed by atoms with Crippen molar-refractivity contribution in [1.82, 2.24) is 0 Å². The van der Waals surface area contributed by atoms with E-state index in [-0.39, 0.29) is 0 Å². The van der Waals surface area contributed by atoms with Gasteiger partial charge in [0.1, 0.15) is 0 Å². The number of nitrogens with zero attached hydrogens (tertiary/aromatic N) is 2. The molecule has 0 aromatic heterocycles. The second kappa shape index (κ2) is 5.58. The molecule has 0 spiro atoms. The van der Waals surface area contributed by atoms with Crippen LogP contribution in [0, 0.1) is 13.8 Å². The van der Waals surface area contributed by atoms with E-state index in [4.69, 9.17) is 0 Å². The Morgan fingerprint density at radius 3 is 1.25 bits per heavy atom. The molecule has 2 aliphatic heterocycles. The molecule has 4 rings (SSSR count). The fourth-order valence-corrected chi connectivity index (χ4v) is 2.42. The maximum absolute atomic E-state index is 2.37. The standard InChI is InChI=1S/2C9H11N/c2*1-8-4-2-3-5-9(8)10-6-7-10/h2*2-5H,6-7H2,1H3. The number of aryl methyl sites for hydroxylation is 2. The quantitative estimate of drug-likeness (QED) is 0.766. The third-order valence-electron chi connectivity index (χ3n) is 3.81. The van der Waals surface area contributed by atoms with Gasteiger partial charge in [-0.25, -0.2) is 0 Å². The van der Waals surface area contributed by atoms with E-state index in [0.29, 0.717) is 0 Å². The highest BCUT2D eigenvalue weighted by Gasteiger charge is 2.19. The van der Waals surface area contributed by atoms with E-state index in [1.807, 2.05) is 0 Å². The van der Waals surface area contributed by atoms with Gasteiger partial charge in [0.25, 0.3) is 0 Å². The lowest BCUT2D eigenvalue weighted by atomic mass is 10.2. The number of benzene rings is 2. The van der Waals surface area contributed by atoms with Gasteiger partial charge < -0.3 is 9.80 Å². The molecule has 2 saturated heterocycles. The van der Waals surface area contributed by atoms with Crippen molar-refractivity contribution in [2.45, 2.75) is 13.8 Å². The summed E-state index contributed by atoms with van der Waals surface area (Å²) in [7, 11) is 0. The molecular formula is C18H22N2. The molecule has 0 N–H and O–H groups in total. The number of rotatable bonds is 2. The van der Waals surface area contributed by atoms with E-state index in [9.17, 15) is 0 Å². The third kappa shape index (κ3) is 3.13. The van der Waals surface area contributed by atoms with Crippen LogP contribution in [-0.2, 0) is 0 Å². The minimum absolute atomic E-state index is 1.24. The highest BCUT2D eigenvalue weighted by atomic mass is 15.3. The van der Waals surface area contributed by atoms with Crippen LogP contribution < -0.4 is 9.80 Å². The van der Waals surface area contributed by atoms with Gasteiger partial charge in [0, 0.05) is 37.6 Å². The molecule has 0 aliphatic carbocycles. The summed E-state index contributed by atoms with van der Waals surface area (Å²) in [5.74, 6) is 0.